The Kier molecular flexibility index (Phi) is 5.87. The summed E-state index contributed by atoms with van der Waals surface area (Å²) in [5.74, 6) is 0.496. The van der Waals surface area contributed by atoms with Gasteiger partial charge in [0.05, 0.1) is 18.0 Å². The zero-order chi connectivity index (χ0) is 22.3. The summed E-state index contributed by atoms with van der Waals surface area (Å²) in [5, 5.41) is 11.7. The molecule has 0 aliphatic rings. The normalized spacial score (nSPS) is 14.3. The Hall–Kier alpha value is -2.54. The van der Waals surface area contributed by atoms with Gasteiger partial charge in [-0.1, -0.05) is 26.3 Å². The maximum Gasteiger partial charge on any atom is 0.421 e. The monoisotopic (exact) mass is 421 g/mol. The number of methoxy groups -OCH3 is 1. The Labute approximate surface area is 172 Å². The number of alkyl halides is 3. The molecule has 0 amide bonds. The number of rotatable bonds is 6. The van der Waals surface area contributed by atoms with Gasteiger partial charge in [0.15, 0.2) is 5.60 Å². The lowest BCUT2D eigenvalue weighted by Gasteiger charge is -2.28. The fourth-order valence-corrected chi connectivity index (χ4v) is 3.77. The van der Waals surface area contributed by atoms with E-state index in [0.29, 0.717) is 46.0 Å². The molecule has 3 rings (SSSR count). The fourth-order valence-electron chi connectivity index (χ4n) is 3.77. The van der Waals surface area contributed by atoms with Gasteiger partial charge >= 0.3 is 6.18 Å². The van der Waals surface area contributed by atoms with Gasteiger partial charge in [0.2, 0.25) is 0 Å². The first-order valence-corrected chi connectivity index (χ1v) is 10.0. The number of ether oxygens (including phenoxy) is 1. The molecule has 0 saturated heterocycles. The minimum atomic E-state index is -4.83. The summed E-state index contributed by atoms with van der Waals surface area (Å²) in [6.07, 6.45) is -2.78. The highest BCUT2D eigenvalue weighted by Crippen LogP contribution is 2.41. The lowest BCUT2D eigenvalue weighted by Crippen LogP contribution is -2.39. The summed E-state index contributed by atoms with van der Waals surface area (Å²) in [7, 11) is 1.49. The molecule has 0 radical (unpaired) electrons. The minimum absolute atomic E-state index is 0.199. The van der Waals surface area contributed by atoms with Gasteiger partial charge in [-0.2, -0.15) is 13.2 Å². The number of aryl methyl sites for hydroxylation is 2. The van der Waals surface area contributed by atoms with E-state index in [0.717, 1.165) is 19.8 Å². The van der Waals surface area contributed by atoms with E-state index in [2.05, 4.69) is 0 Å². The smallest absolute Gasteiger partial charge is 0.421 e. The van der Waals surface area contributed by atoms with Gasteiger partial charge in [-0.05, 0) is 60.5 Å². The van der Waals surface area contributed by atoms with Crippen LogP contribution in [0.1, 0.15) is 44.7 Å². The quantitative estimate of drug-likeness (QED) is 0.550. The molecule has 3 aromatic rings. The zero-order valence-corrected chi connectivity index (χ0v) is 17.6. The summed E-state index contributed by atoms with van der Waals surface area (Å²) in [5.41, 5.74) is -2.23. The number of nitrogens with zero attached hydrogens (tertiary/aromatic N) is 1. The molecule has 1 atom stereocenters. The first kappa shape index (κ1) is 22.2. The Morgan fingerprint density at radius 1 is 1.07 bits per heavy atom. The molecular formula is C23H26F3NO3. The van der Waals surface area contributed by atoms with E-state index in [-0.39, 0.29) is 11.1 Å². The third-order valence-corrected chi connectivity index (χ3v) is 5.68. The van der Waals surface area contributed by atoms with E-state index in [1.165, 1.54) is 19.2 Å². The molecule has 4 nitrogen and oxygen atoms in total. The van der Waals surface area contributed by atoms with Crippen molar-refractivity contribution in [3.63, 3.8) is 0 Å². The van der Waals surface area contributed by atoms with E-state index in [1.807, 2.05) is 13.8 Å². The molecule has 0 spiro atoms. The van der Waals surface area contributed by atoms with Crippen LogP contribution in [0.15, 0.2) is 35.1 Å². The van der Waals surface area contributed by atoms with Crippen molar-refractivity contribution in [2.24, 2.45) is 0 Å². The van der Waals surface area contributed by atoms with Crippen molar-refractivity contribution in [3.05, 3.63) is 51.8 Å². The Morgan fingerprint density at radius 2 is 1.77 bits per heavy atom. The van der Waals surface area contributed by atoms with E-state index in [9.17, 15) is 23.1 Å². The second-order valence-corrected chi connectivity index (χ2v) is 7.68. The van der Waals surface area contributed by atoms with Gasteiger partial charge in [0.1, 0.15) is 5.75 Å². The molecular weight excluding hydrogens is 395 g/mol. The predicted molar refractivity (Wildman–Crippen MR) is 112 cm³/mol. The van der Waals surface area contributed by atoms with Gasteiger partial charge in [0, 0.05) is 11.9 Å². The maximum absolute atomic E-state index is 13.6. The highest BCUT2D eigenvalue weighted by Gasteiger charge is 2.51. The van der Waals surface area contributed by atoms with Crippen LogP contribution in [0, 0.1) is 0 Å². The number of benzene rings is 2. The summed E-state index contributed by atoms with van der Waals surface area (Å²) in [6.45, 7) is 5.05. The predicted octanol–water partition coefficient (Wildman–Crippen LogP) is 5.30. The Bertz CT molecular complexity index is 1150. The van der Waals surface area contributed by atoms with E-state index in [4.69, 9.17) is 4.74 Å². The molecule has 162 valence electrons. The molecule has 2 aromatic carbocycles. The highest BCUT2D eigenvalue weighted by atomic mass is 19.4. The number of fused-ring (bicyclic) bond motifs is 3. The van der Waals surface area contributed by atoms with E-state index < -0.39 is 11.8 Å². The molecule has 1 heterocycles. The molecule has 1 aromatic heterocycles. The molecule has 30 heavy (non-hydrogen) atoms. The highest BCUT2D eigenvalue weighted by molar-refractivity contribution is 6.07. The first-order valence-electron chi connectivity index (χ1n) is 10.0. The standard InChI is InChI=1S/C23H26F3NO3/c1-5-7-10-27-20-14(6-2)11-15(22(3,29)23(24,25)26)12-18(20)17-9-8-16(30-4)13-19(17)21(27)28/h8-9,11-13,29H,5-7,10H2,1-4H3. The van der Waals surface area contributed by atoms with Gasteiger partial charge in [-0.25, -0.2) is 0 Å². The van der Waals surface area contributed by atoms with Gasteiger partial charge in [-0.15, -0.1) is 0 Å². The van der Waals surface area contributed by atoms with Crippen LogP contribution in [0.25, 0.3) is 21.7 Å². The van der Waals surface area contributed by atoms with Crippen molar-refractivity contribution < 1.29 is 23.0 Å². The molecule has 0 aliphatic carbocycles. The van der Waals surface area contributed by atoms with Gasteiger partial charge in [-0.3, -0.25) is 4.79 Å². The van der Waals surface area contributed by atoms with Gasteiger partial charge < -0.3 is 14.4 Å². The summed E-state index contributed by atoms with van der Waals surface area (Å²) in [6, 6.07) is 7.71. The largest absolute Gasteiger partial charge is 0.497 e. The second-order valence-electron chi connectivity index (χ2n) is 7.68. The molecule has 0 aliphatic heterocycles. The molecule has 1 N–H and O–H groups in total. The molecule has 0 bridgehead atoms. The Balaban J connectivity index is 2.51. The molecule has 0 saturated carbocycles. The van der Waals surface area contributed by atoms with Crippen LogP contribution in [0.2, 0.25) is 0 Å². The summed E-state index contributed by atoms with van der Waals surface area (Å²) in [4.78, 5) is 13.3. The number of hydrogen-bond acceptors (Lipinski definition) is 3. The number of aliphatic hydroxyl groups is 1. The van der Waals surface area contributed by atoms with Crippen molar-refractivity contribution in [3.8, 4) is 5.75 Å². The maximum atomic E-state index is 13.6. The fraction of sp³-hybridized carbons (Fsp3) is 0.435. The van der Waals surface area contributed by atoms with Crippen molar-refractivity contribution >= 4 is 21.7 Å². The van der Waals surface area contributed by atoms with Crippen molar-refractivity contribution in [2.75, 3.05) is 7.11 Å². The van der Waals surface area contributed by atoms with Gasteiger partial charge in [0.25, 0.3) is 5.56 Å². The van der Waals surface area contributed by atoms with Crippen LogP contribution in [0.5, 0.6) is 5.75 Å². The van der Waals surface area contributed by atoms with Crippen LogP contribution in [-0.4, -0.2) is 23.0 Å². The minimum Gasteiger partial charge on any atom is -0.497 e. The number of pyridine rings is 1. The SMILES string of the molecule is CCCCn1c(=O)c2cc(OC)ccc2c2cc(C(C)(O)C(F)(F)F)cc(CC)c21. The first-order chi connectivity index (χ1) is 14.1. The van der Waals surface area contributed by atoms with Crippen LogP contribution < -0.4 is 10.3 Å². The summed E-state index contributed by atoms with van der Waals surface area (Å²) >= 11 is 0. The van der Waals surface area contributed by atoms with Crippen molar-refractivity contribution in [2.45, 2.75) is 58.4 Å². The lowest BCUT2D eigenvalue weighted by atomic mass is 9.89. The van der Waals surface area contributed by atoms with Crippen molar-refractivity contribution in [1.29, 1.82) is 0 Å². The third-order valence-electron chi connectivity index (χ3n) is 5.68. The average molecular weight is 421 g/mol. The zero-order valence-electron chi connectivity index (χ0n) is 17.6. The van der Waals surface area contributed by atoms with Crippen LogP contribution in [-0.2, 0) is 18.6 Å². The van der Waals surface area contributed by atoms with E-state index >= 15 is 0 Å². The number of aromatic nitrogens is 1. The van der Waals surface area contributed by atoms with Crippen LogP contribution >= 0.6 is 0 Å². The van der Waals surface area contributed by atoms with Crippen molar-refractivity contribution in [1.82, 2.24) is 4.57 Å². The topological polar surface area (TPSA) is 51.5 Å². The molecule has 7 heteroatoms. The third kappa shape index (κ3) is 3.55. The van der Waals surface area contributed by atoms with Crippen LogP contribution in [0.3, 0.4) is 0 Å². The second kappa shape index (κ2) is 7.95. The average Bonchev–Trinajstić information content (AvgIpc) is 2.71. The summed E-state index contributed by atoms with van der Waals surface area (Å²) < 4.78 is 47.6. The molecule has 0 fully saturated rings. The molecule has 1 unspecified atom stereocenters. The lowest BCUT2D eigenvalue weighted by molar-refractivity contribution is -0.258. The Morgan fingerprint density at radius 3 is 2.33 bits per heavy atom. The number of hydrogen-bond donors (Lipinski definition) is 1. The number of halogens is 3. The van der Waals surface area contributed by atoms with Crippen LogP contribution in [0.4, 0.5) is 13.2 Å². The number of unbranched alkanes of at least 4 members (excludes halogenated alkanes) is 1. The van der Waals surface area contributed by atoms with E-state index in [1.54, 1.807) is 22.8 Å².